The minimum Gasteiger partial charge on any atom is -0.412 e. The predicted molar refractivity (Wildman–Crippen MR) is 15.4 cm³/mol. The van der Waals surface area contributed by atoms with Crippen LogP contribution in [0.5, 0.6) is 0 Å². The fourth-order valence-electron chi connectivity index (χ4n) is 0. The number of hydrogen-bond donors (Lipinski definition) is 0. The molecule has 0 heterocycles. The first kappa shape index (κ1) is 38.5. The summed E-state index contributed by atoms with van der Waals surface area (Å²) in [5.41, 5.74) is 0. The third-order valence-corrected chi connectivity index (χ3v) is 0. The molecule has 0 saturated heterocycles. The van der Waals surface area contributed by atoms with Crippen LogP contribution in [0.4, 0.5) is 0 Å². The van der Waals surface area contributed by atoms with Crippen LogP contribution in [0.2, 0.25) is 0 Å². The van der Waals surface area contributed by atoms with Gasteiger partial charge in [-0.3, -0.25) is 0 Å². The number of rotatable bonds is 0. The molecule has 0 fully saturated rings. The molecule has 0 aliphatic carbocycles. The van der Waals surface area contributed by atoms with E-state index < -0.39 is 0 Å². The summed E-state index contributed by atoms with van der Waals surface area (Å²) < 4.78 is 7.83. The molecule has 0 rings (SSSR count). The van der Waals surface area contributed by atoms with Crippen LogP contribution in [0.15, 0.2) is 0 Å². The molecule has 4 heavy (non-hydrogen) atoms. The van der Waals surface area contributed by atoms with Gasteiger partial charge in [0.25, 0.3) is 0 Å². The monoisotopic (exact) mass is 84.0 g/mol. The van der Waals surface area contributed by atoms with Crippen molar-refractivity contribution in [3.05, 3.63) is 0 Å². The Hall–Kier alpha value is -0.0600. The number of hydrogen-bond acceptors (Lipinski definition) is 2. The molecule has 0 radical (unpaired) electrons. The van der Waals surface area contributed by atoms with Gasteiger partial charge in [0.2, 0.25) is 0 Å². The molecule has 4 heteroatoms. The molecule has 0 aromatic carbocycles. The maximum atomic E-state index is 7.83. The van der Waals surface area contributed by atoms with E-state index in [9.17, 15) is 0 Å². The zero-order valence-corrected chi connectivity index (χ0v) is 2.63. The average molecular weight is 84.1 g/mol. The van der Waals surface area contributed by atoms with Gasteiger partial charge in [-0.15, -0.1) is 0 Å². The van der Waals surface area contributed by atoms with E-state index in [4.69, 9.17) is 4.21 Å². The van der Waals surface area contributed by atoms with Crippen molar-refractivity contribution in [2.24, 2.45) is 0 Å². The van der Waals surface area contributed by atoms with Gasteiger partial charge < -0.3 is 11.0 Å². The zero-order valence-electron chi connectivity index (χ0n) is 1.82. The van der Waals surface area contributed by atoms with Crippen LogP contribution >= 0.6 is 0 Å². The van der Waals surface area contributed by atoms with E-state index in [1.54, 1.807) is 0 Å². The molecule has 3 nitrogen and oxygen atoms in total. The van der Waals surface area contributed by atoms with E-state index in [0.717, 1.165) is 0 Å². The lowest BCUT2D eigenvalue weighted by Crippen LogP contribution is -0.894. The highest BCUT2D eigenvalue weighted by Crippen LogP contribution is 0.558. The maximum Gasteiger partial charge on any atom is 0.197 e. The quantitative estimate of drug-likeness (QED) is 0.340. The smallest absolute Gasteiger partial charge is 0.197 e. The van der Waals surface area contributed by atoms with Crippen molar-refractivity contribution in [1.29, 1.82) is 0 Å². The van der Waals surface area contributed by atoms with Gasteiger partial charge in [0, 0.05) is 0 Å². The largest absolute Gasteiger partial charge is 0.412 e. The van der Waals surface area contributed by atoms with E-state index in [0.29, 0.717) is 0 Å². The van der Waals surface area contributed by atoms with Crippen LogP contribution < -0.4 is 0 Å². The Morgan fingerprint density at radius 3 is 1.00 bits per heavy atom. The minimum atomic E-state index is 0. The molecule has 28 valence electrons. The molecule has 0 aromatic heterocycles. The second-order valence-electron chi connectivity index (χ2n) is 0. The maximum absolute atomic E-state index is 7.83. The summed E-state index contributed by atoms with van der Waals surface area (Å²) in [5, 5.41) is 0. The van der Waals surface area contributed by atoms with Crippen molar-refractivity contribution in [3.8, 4) is 0 Å². The van der Waals surface area contributed by atoms with Crippen LogP contribution in [0.1, 0.15) is 0 Å². The lowest BCUT2D eigenvalue weighted by Gasteiger charge is -0.734. The van der Waals surface area contributed by atoms with Crippen molar-refractivity contribution in [3.63, 3.8) is 0 Å². The lowest BCUT2D eigenvalue weighted by atomic mass is 16.0. The molecular formula is H4O3S. The van der Waals surface area contributed by atoms with Crippen LogP contribution in [0.25, 0.3) is 0 Å². The molecular weight excluding hydrogens is 80.1 g/mol. The molecule has 0 aromatic rings. The first-order valence-electron chi connectivity index (χ1n) is 0.167. The van der Waals surface area contributed by atoms with Gasteiger partial charge in [-0.1, -0.05) is 0 Å². The minimum absolute atomic E-state index is 0. The summed E-state index contributed by atoms with van der Waals surface area (Å²) in [6, 6.07) is 0. The third-order valence-electron chi connectivity index (χ3n) is 0. The summed E-state index contributed by atoms with van der Waals surface area (Å²) in [6.07, 6.45) is 0. The molecule has 0 amide bonds. The Bertz CT molecular complexity index is 3.25. The molecule has 0 atom stereocenters. The van der Waals surface area contributed by atoms with Crippen molar-refractivity contribution in [1.82, 2.24) is 0 Å². The summed E-state index contributed by atoms with van der Waals surface area (Å²) in [4.78, 5) is 0. The second-order valence-corrected chi connectivity index (χ2v) is 0. The van der Waals surface area contributed by atoms with Gasteiger partial charge in [-0.05, 0) is 0 Å². The molecule has 0 spiro atoms. The summed E-state index contributed by atoms with van der Waals surface area (Å²) in [6.45, 7) is 0. The molecule has 0 unspecified atom stereocenters. The normalized spacial score (nSPS) is 1.00. The van der Waals surface area contributed by atoms with Crippen LogP contribution in [0, 0.1) is 0 Å². The Morgan fingerprint density at radius 2 is 1.00 bits per heavy atom. The molecule has 0 aliphatic heterocycles. The topological polar surface area (TPSA) is 80.1 Å². The van der Waals surface area contributed by atoms with Gasteiger partial charge in [-0.2, -0.15) is 4.21 Å². The Kier molecular flexibility index (Phi) is 29600. The highest BCUT2D eigenvalue weighted by atomic mass is 32.1. The van der Waals surface area contributed by atoms with Crippen LogP contribution in [-0.4, -0.2) is 15.2 Å². The van der Waals surface area contributed by atoms with Crippen molar-refractivity contribution in [2.75, 3.05) is 0 Å². The first-order chi connectivity index (χ1) is 1.00. The van der Waals surface area contributed by atoms with Crippen molar-refractivity contribution >= 4 is 12.5 Å². The fraction of sp³-hybridized carbons (Fsp3) is 0. The van der Waals surface area contributed by atoms with Crippen LogP contribution in [-0.2, 0) is 12.5 Å². The second kappa shape index (κ2) is 3070. The van der Waals surface area contributed by atoms with Gasteiger partial charge in [0.15, 0.2) is 12.5 Å². The standard InChI is InChI=1S/OS.2H2O/c1-2;;/h;2*1H2. The van der Waals surface area contributed by atoms with E-state index in [1.165, 1.54) is 0 Å². The molecule has 0 aliphatic rings. The highest BCUT2D eigenvalue weighted by molar-refractivity contribution is 7.44. The Balaban J connectivity index is -0.00000000500. The van der Waals surface area contributed by atoms with E-state index in [2.05, 4.69) is 12.5 Å². The van der Waals surface area contributed by atoms with E-state index in [1.807, 2.05) is 0 Å². The van der Waals surface area contributed by atoms with Gasteiger partial charge in [0.05, 0.1) is 0 Å². The summed E-state index contributed by atoms with van der Waals surface area (Å²) >= 11 is 2.83. The molecule has 0 bridgehead atoms. The van der Waals surface area contributed by atoms with Gasteiger partial charge in [0.1, 0.15) is 0 Å². The Morgan fingerprint density at radius 1 is 1.00 bits per heavy atom. The average Bonchev–Trinajstić information content (AvgIpc) is 1.00. The van der Waals surface area contributed by atoms with E-state index in [-0.39, 0.29) is 11.0 Å². The third kappa shape index (κ3) is 476. The summed E-state index contributed by atoms with van der Waals surface area (Å²) in [5.74, 6) is 0. The molecule has 0 saturated carbocycles. The van der Waals surface area contributed by atoms with Gasteiger partial charge >= 0.3 is 0 Å². The van der Waals surface area contributed by atoms with Crippen molar-refractivity contribution in [2.45, 2.75) is 0 Å². The molecule has 4 N–H and O–H groups in total. The SMILES string of the molecule is O.O.O=S. The fourth-order valence-corrected chi connectivity index (χ4v) is 0. The van der Waals surface area contributed by atoms with Gasteiger partial charge in [-0.25, -0.2) is 0 Å². The predicted octanol–water partition coefficient (Wildman–Crippen LogP) is -1.99. The first-order valence-corrected chi connectivity index (χ1v) is 0.500. The Labute approximate surface area is 28.8 Å². The van der Waals surface area contributed by atoms with Crippen molar-refractivity contribution < 1.29 is 15.2 Å². The highest BCUT2D eigenvalue weighted by Gasteiger charge is 0.734. The van der Waals surface area contributed by atoms with Crippen LogP contribution in [0.3, 0.4) is 0 Å². The lowest BCUT2D eigenvalue weighted by molar-refractivity contribution is 0.702. The summed E-state index contributed by atoms with van der Waals surface area (Å²) in [7, 11) is 0. The zero-order chi connectivity index (χ0) is 2.00. The van der Waals surface area contributed by atoms with E-state index >= 15 is 0 Å².